The van der Waals surface area contributed by atoms with Crippen LogP contribution in [0, 0.1) is 6.92 Å². The predicted octanol–water partition coefficient (Wildman–Crippen LogP) is 3.50. The monoisotopic (exact) mass is 321 g/mol. The Balaban J connectivity index is 1.74. The lowest BCUT2D eigenvalue weighted by Gasteiger charge is -2.05. The molecule has 1 aromatic heterocycles. The summed E-state index contributed by atoms with van der Waals surface area (Å²) in [5.74, 6) is 0.975. The van der Waals surface area contributed by atoms with Crippen LogP contribution in [0.5, 0.6) is 5.75 Å². The van der Waals surface area contributed by atoms with Gasteiger partial charge in [0.1, 0.15) is 5.75 Å². The first-order chi connectivity index (χ1) is 11.7. The minimum atomic E-state index is -0.210. The number of ether oxygens (including phenoxy) is 1. The number of carbonyl (C=O) groups excluding carboxylic acids is 1. The predicted molar refractivity (Wildman–Crippen MR) is 93.5 cm³/mol. The molecule has 0 radical (unpaired) electrons. The third-order valence-corrected chi connectivity index (χ3v) is 3.73. The summed E-state index contributed by atoms with van der Waals surface area (Å²) in [7, 11) is 1.58. The Kier molecular flexibility index (Phi) is 4.61. The van der Waals surface area contributed by atoms with Gasteiger partial charge in [-0.3, -0.25) is 9.48 Å². The molecule has 0 fully saturated rings. The van der Waals surface area contributed by atoms with Crippen molar-refractivity contribution in [1.82, 2.24) is 9.78 Å². The van der Waals surface area contributed by atoms with Crippen LogP contribution in [0.4, 0.5) is 5.82 Å². The van der Waals surface area contributed by atoms with Gasteiger partial charge in [0.15, 0.2) is 5.82 Å². The molecule has 2 aromatic carbocycles. The first-order valence-electron chi connectivity index (χ1n) is 7.69. The van der Waals surface area contributed by atoms with Gasteiger partial charge in [-0.05, 0) is 30.7 Å². The zero-order valence-electron chi connectivity index (χ0n) is 13.7. The number of benzene rings is 2. The molecule has 5 nitrogen and oxygen atoms in total. The van der Waals surface area contributed by atoms with Crippen molar-refractivity contribution in [2.45, 2.75) is 13.5 Å². The standard InChI is InChI=1S/C19H19N3O2/c1-14-11-18(21-22(14)13-15-7-4-3-5-8-15)20-19(23)16-9-6-10-17(12-16)24-2/h3-12H,13H2,1-2H3,(H,20,21,23). The number of anilines is 1. The smallest absolute Gasteiger partial charge is 0.256 e. The highest BCUT2D eigenvalue weighted by atomic mass is 16.5. The summed E-state index contributed by atoms with van der Waals surface area (Å²) in [6, 6.07) is 19.0. The Hall–Kier alpha value is -3.08. The van der Waals surface area contributed by atoms with Crippen molar-refractivity contribution < 1.29 is 9.53 Å². The first-order valence-corrected chi connectivity index (χ1v) is 7.69. The summed E-state index contributed by atoms with van der Waals surface area (Å²) >= 11 is 0. The van der Waals surface area contributed by atoms with E-state index in [-0.39, 0.29) is 5.91 Å². The van der Waals surface area contributed by atoms with E-state index in [0.717, 1.165) is 11.3 Å². The van der Waals surface area contributed by atoms with Crippen LogP contribution in [0.25, 0.3) is 0 Å². The number of nitrogens with one attached hydrogen (secondary N) is 1. The Morgan fingerprint density at radius 3 is 2.67 bits per heavy atom. The van der Waals surface area contributed by atoms with E-state index in [1.54, 1.807) is 31.4 Å². The summed E-state index contributed by atoms with van der Waals surface area (Å²) in [5.41, 5.74) is 2.68. The molecule has 0 aliphatic heterocycles. The van der Waals surface area contributed by atoms with Gasteiger partial charge in [-0.15, -0.1) is 0 Å². The van der Waals surface area contributed by atoms with Crippen LogP contribution in [-0.2, 0) is 6.54 Å². The second-order valence-electron chi connectivity index (χ2n) is 5.50. The topological polar surface area (TPSA) is 56.1 Å². The molecule has 0 saturated heterocycles. The lowest BCUT2D eigenvalue weighted by molar-refractivity contribution is 0.102. The maximum absolute atomic E-state index is 12.3. The fourth-order valence-corrected chi connectivity index (χ4v) is 2.44. The molecule has 1 amide bonds. The molecule has 0 atom stereocenters. The highest BCUT2D eigenvalue weighted by Gasteiger charge is 2.11. The van der Waals surface area contributed by atoms with Crippen LogP contribution in [0.3, 0.4) is 0 Å². The molecule has 122 valence electrons. The molecular formula is C19H19N3O2. The van der Waals surface area contributed by atoms with Gasteiger partial charge in [-0.2, -0.15) is 5.10 Å². The van der Waals surface area contributed by atoms with Crippen LogP contribution in [0.15, 0.2) is 60.7 Å². The maximum Gasteiger partial charge on any atom is 0.256 e. The molecule has 1 N–H and O–H groups in total. The molecule has 0 unspecified atom stereocenters. The molecule has 0 aliphatic carbocycles. The number of nitrogens with zero attached hydrogens (tertiary/aromatic N) is 2. The van der Waals surface area contributed by atoms with E-state index in [1.807, 2.05) is 35.9 Å². The van der Waals surface area contributed by atoms with Crippen molar-refractivity contribution in [3.63, 3.8) is 0 Å². The van der Waals surface area contributed by atoms with Crippen LogP contribution in [0.1, 0.15) is 21.6 Å². The summed E-state index contributed by atoms with van der Waals surface area (Å²) in [6.07, 6.45) is 0. The molecule has 0 spiro atoms. The fraction of sp³-hybridized carbons (Fsp3) is 0.158. The van der Waals surface area contributed by atoms with Crippen molar-refractivity contribution in [1.29, 1.82) is 0 Å². The van der Waals surface area contributed by atoms with Gasteiger partial charge in [0, 0.05) is 17.3 Å². The average Bonchev–Trinajstić information content (AvgIpc) is 2.95. The highest BCUT2D eigenvalue weighted by Crippen LogP contribution is 2.16. The molecule has 24 heavy (non-hydrogen) atoms. The molecule has 3 aromatic rings. The van der Waals surface area contributed by atoms with Gasteiger partial charge in [0.25, 0.3) is 5.91 Å². The van der Waals surface area contributed by atoms with E-state index in [2.05, 4.69) is 22.5 Å². The first kappa shape index (κ1) is 15.8. The van der Waals surface area contributed by atoms with E-state index in [1.165, 1.54) is 0 Å². The van der Waals surface area contributed by atoms with E-state index in [9.17, 15) is 4.79 Å². The normalized spacial score (nSPS) is 10.4. The van der Waals surface area contributed by atoms with Gasteiger partial charge >= 0.3 is 0 Å². The highest BCUT2D eigenvalue weighted by molar-refractivity contribution is 6.04. The minimum Gasteiger partial charge on any atom is -0.497 e. The molecule has 5 heteroatoms. The lowest BCUT2D eigenvalue weighted by Crippen LogP contribution is -2.13. The fourth-order valence-electron chi connectivity index (χ4n) is 2.44. The van der Waals surface area contributed by atoms with Crippen LogP contribution in [0.2, 0.25) is 0 Å². The molecule has 0 aliphatic rings. The van der Waals surface area contributed by atoms with Gasteiger partial charge in [0.05, 0.1) is 13.7 Å². The summed E-state index contributed by atoms with van der Waals surface area (Å²) in [6.45, 7) is 2.64. The van der Waals surface area contributed by atoms with Gasteiger partial charge in [0.2, 0.25) is 0 Å². The SMILES string of the molecule is COc1cccc(C(=O)Nc2cc(C)n(Cc3ccccc3)n2)c1. The number of amides is 1. The Labute approximate surface area is 140 Å². The number of hydrogen-bond acceptors (Lipinski definition) is 3. The number of carbonyl (C=O) groups is 1. The van der Waals surface area contributed by atoms with Gasteiger partial charge in [-0.25, -0.2) is 0 Å². The van der Waals surface area contributed by atoms with Gasteiger partial charge in [-0.1, -0.05) is 36.4 Å². The number of aromatic nitrogens is 2. The third-order valence-electron chi connectivity index (χ3n) is 3.73. The van der Waals surface area contributed by atoms with Crippen molar-refractivity contribution in [2.75, 3.05) is 12.4 Å². The van der Waals surface area contributed by atoms with Crippen LogP contribution in [-0.4, -0.2) is 22.8 Å². The summed E-state index contributed by atoms with van der Waals surface area (Å²) < 4.78 is 7.02. The number of rotatable bonds is 5. The number of hydrogen-bond donors (Lipinski definition) is 1. The quantitative estimate of drug-likeness (QED) is 0.782. The van der Waals surface area contributed by atoms with E-state index >= 15 is 0 Å². The number of methoxy groups -OCH3 is 1. The Morgan fingerprint density at radius 1 is 1.12 bits per heavy atom. The van der Waals surface area contributed by atoms with E-state index in [4.69, 9.17) is 4.74 Å². The molecule has 3 rings (SSSR count). The Morgan fingerprint density at radius 2 is 1.92 bits per heavy atom. The average molecular weight is 321 g/mol. The Bertz CT molecular complexity index is 841. The molecule has 1 heterocycles. The zero-order chi connectivity index (χ0) is 16.9. The minimum absolute atomic E-state index is 0.210. The summed E-state index contributed by atoms with van der Waals surface area (Å²) in [5, 5.41) is 7.30. The van der Waals surface area contributed by atoms with Crippen molar-refractivity contribution in [3.05, 3.63) is 77.5 Å². The van der Waals surface area contributed by atoms with Gasteiger partial charge < -0.3 is 10.1 Å². The molecular weight excluding hydrogens is 302 g/mol. The van der Waals surface area contributed by atoms with Crippen molar-refractivity contribution in [3.8, 4) is 5.75 Å². The second kappa shape index (κ2) is 7.00. The largest absolute Gasteiger partial charge is 0.497 e. The van der Waals surface area contributed by atoms with E-state index < -0.39 is 0 Å². The second-order valence-corrected chi connectivity index (χ2v) is 5.50. The van der Waals surface area contributed by atoms with Crippen molar-refractivity contribution in [2.24, 2.45) is 0 Å². The molecule has 0 saturated carbocycles. The molecule has 0 bridgehead atoms. The number of aryl methyl sites for hydroxylation is 1. The summed E-state index contributed by atoms with van der Waals surface area (Å²) in [4.78, 5) is 12.3. The lowest BCUT2D eigenvalue weighted by atomic mass is 10.2. The van der Waals surface area contributed by atoms with Crippen LogP contribution >= 0.6 is 0 Å². The maximum atomic E-state index is 12.3. The van der Waals surface area contributed by atoms with E-state index in [0.29, 0.717) is 23.7 Å². The van der Waals surface area contributed by atoms with Crippen molar-refractivity contribution >= 4 is 11.7 Å². The zero-order valence-corrected chi connectivity index (χ0v) is 13.7. The van der Waals surface area contributed by atoms with Crippen LogP contribution < -0.4 is 10.1 Å². The third kappa shape index (κ3) is 3.63.